The van der Waals surface area contributed by atoms with Crippen LogP contribution in [-0.2, 0) is 30.9 Å². The van der Waals surface area contributed by atoms with Crippen LogP contribution in [0.25, 0.3) is 0 Å². The maximum atomic E-state index is 12.4. The minimum absolute atomic E-state index is 0.145. The van der Waals surface area contributed by atoms with Gasteiger partial charge >= 0.3 is 6.01 Å². The van der Waals surface area contributed by atoms with Crippen molar-refractivity contribution in [3.63, 3.8) is 0 Å². The molecular weight excluding hydrogens is 470 g/mol. The van der Waals surface area contributed by atoms with Crippen LogP contribution >= 0.6 is 0 Å². The quantitative estimate of drug-likeness (QED) is 0.658. The van der Waals surface area contributed by atoms with E-state index in [4.69, 9.17) is 19.4 Å². The van der Waals surface area contributed by atoms with Gasteiger partial charge in [-0.3, -0.25) is 14.4 Å². The molecule has 5 aliphatic rings. The molecule has 2 saturated heterocycles. The third-order valence-corrected chi connectivity index (χ3v) is 9.38. The third-order valence-electron chi connectivity index (χ3n) is 9.38. The minimum Gasteiger partial charge on any atom is -0.461 e. The van der Waals surface area contributed by atoms with Gasteiger partial charge in [0.15, 0.2) is 5.69 Å². The average molecular weight is 508 g/mol. The number of hydrogen-bond donors (Lipinski definition) is 1. The molecule has 1 atom stereocenters. The summed E-state index contributed by atoms with van der Waals surface area (Å²) in [5.74, 6) is 0.759. The number of anilines is 1. The van der Waals surface area contributed by atoms with Crippen LogP contribution in [-0.4, -0.2) is 76.0 Å². The van der Waals surface area contributed by atoms with Gasteiger partial charge in [0.05, 0.1) is 36.7 Å². The van der Waals surface area contributed by atoms with E-state index < -0.39 is 0 Å². The van der Waals surface area contributed by atoms with E-state index in [9.17, 15) is 4.79 Å². The van der Waals surface area contributed by atoms with Crippen molar-refractivity contribution in [1.82, 2.24) is 30.0 Å². The Kier molecular flexibility index (Phi) is 5.48. The Morgan fingerprint density at radius 3 is 2.89 bits per heavy atom. The molecule has 3 fully saturated rings. The van der Waals surface area contributed by atoms with E-state index in [1.165, 1.54) is 45.2 Å². The zero-order chi connectivity index (χ0) is 25.2. The zero-order valence-electron chi connectivity index (χ0n) is 22.0. The molecule has 1 unspecified atom stereocenters. The highest BCUT2D eigenvalue weighted by Crippen LogP contribution is 2.60. The van der Waals surface area contributed by atoms with Crippen LogP contribution in [0.15, 0.2) is 0 Å². The summed E-state index contributed by atoms with van der Waals surface area (Å²) in [5, 5.41) is 7.34. The summed E-state index contributed by atoms with van der Waals surface area (Å²) >= 11 is 0. The monoisotopic (exact) mass is 507 g/mol. The first-order valence-electron chi connectivity index (χ1n) is 13.9. The summed E-state index contributed by atoms with van der Waals surface area (Å²) in [4.78, 5) is 27.3. The van der Waals surface area contributed by atoms with E-state index in [2.05, 4.69) is 20.2 Å². The molecule has 1 spiro atoms. The van der Waals surface area contributed by atoms with Gasteiger partial charge in [-0.1, -0.05) is 0 Å². The van der Waals surface area contributed by atoms with Crippen molar-refractivity contribution >= 4 is 11.7 Å². The smallest absolute Gasteiger partial charge is 0.318 e. The number of nitrogens with zero attached hydrogens (tertiary/aromatic N) is 6. The fourth-order valence-corrected chi connectivity index (χ4v) is 7.20. The average Bonchev–Trinajstić information content (AvgIpc) is 3.40. The second-order valence-electron chi connectivity index (χ2n) is 11.8. The minimum atomic E-state index is -0.145. The van der Waals surface area contributed by atoms with Crippen molar-refractivity contribution < 1.29 is 14.3 Å². The lowest BCUT2D eigenvalue weighted by atomic mass is 9.89. The Bertz CT molecular complexity index is 1240. The highest BCUT2D eigenvalue weighted by molar-refractivity contribution is 5.93. The molecule has 0 radical (unpaired) electrons. The van der Waals surface area contributed by atoms with Crippen molar-refractivity contribution in [2.45, 2.75) is 77.1 Å². The molecule has 2 aromatic heterocycles. The molecule has 1 saturated carbocycles. The largest absolute Gasteiger partial charge is 0.461 e. The Morgan fingerprint density at radius 1 is 1.16 bits per heavy atom. The topological polar surface area (TPSA) is 97.6 Å². The van der Waals surface area contributed by atoms with Gasteiger partial charge in [-0.25, -0.2) is 0 Å². The third kappa shape index (κ3) is 3.91. The first-order valence-corrected chi connectivity index (χ1v) is 13.9. The Balaban J connectivity index is 1.18. The Morgan fingerprint density at radius 2 is 2.05 bits per heavy atom. The number of aromatic nitrogens is 4. The number of carbonyl (C=O) groups is 1. The van der Waals surface area contributed by atoms with Crippen LogP contribution in [0.5, 0.6) is 6.01 Å². The number of rotatable bonds is 5. The van der Waals surface area contributed by atoms with Gasteiger partial charge in [0.2, 0.25) is 0 Å². The molecule has 1 aliphatic carbocycles. The molecule has 0 bridgehead atoms. The lowest BCUT2D eigenvalue weighted by Crippen LogP contribution is -2.43. The van der Waals surface area contributed by atoms with Gasteiger partial charge in [0, 0.05) is 44.2 Å². The highest BCUT2D eigenvalue weighted by atomic mass is 16.5. The van der Waals surface area contributed by atoms with Crippen molar-refractivity contribution in [3.8, 4) is 6.01 Å². The van der Waals surface area contributed by atoms with Gasteiger partial charge < -0.3 is 19.7 Å². The molecular formula is C27H37N7O3. The van der Waals surface area contributed by atoms with Gasteiger partial charge in [-0.05, 0) is 57.4 Å². The summed E-state index contributed by atoms with van der Waals surface area (Å²) in [6, 6.07) is 0.495. The molecule has 4 aliphatic heterocycles. The van der Waals surface area contributed by atoms with Crippen LogP contribution in [0.3, 0.4) is 0 Å². The Hall–Kier alpha value is -2.72. The number of fused-ring (bicyclic) bond motifs is 3. The van der Waals surface area contributed by atoms with E-state index >= 15 is 0 Å². The maximum Gasteiger partial charge on any atom is 0.318 e. The number of carbonyl (C=O) groups excluding carboxylic acids is 1. The summed E-state index contributed by atoms with van der Waals surface area (Å²) in [6.07, 6.45) is 8.16. The first-order chi connectivity index (χ1) is 18.0. The summed E-state index contributed by atoms with van der Waals surface area (Å²) in [6.45, 7) is 8.54. The van der Waals surface area contributed by atoms with E-state index in [1.54, 1.807) is 7.05 Å². The fourth-order valence-electron chi connectivity index (χ4n) is 7.20. The molecule has 198 valence electrons. The lowest BCUT2D eigenvalue weighted by molar-refractivity contribution is 0.0956. The van der Waals surface area contributed by atoms with Crippen LogP contribution in [0.4, 0.5) is 5.82 Å². The highest BCUT2D eigenvalue weighted by Gasteiger charge is 2.60. The molecule has 0 aromatic carbocycles. The van der Waals surface area contributed by atoms with E-state index in [1.807, 2.05) is 11.6 Å². The molecule has 10 heteroatoms. The molecule has 37 heavy (non-hydrogen) atoms. The zero-order valence-corrected chi connectivity index (χ0v) is 22.0. The fraction of sp³-hybridized carbons (Fsp3) is 0.704. The second kappa shape index (κ2) is 8.66. The standard InChI is InChI=1S/C27H37N7O3/c1-18-21-13-32(9-4-11-34(21)31-22(18)24(35)28-2)23-19-14-36-12-5-20(19)29-25(30-23)37-17-27-6-3-10-33(27)16-26(15-27)7-8-26/h3-17H2,1-2H3,(H,28,35). The van der Waals surface area contributed by atoms with Crippen molar-refractivity contribution in [3.05, 3.63) is 28.2 Å². The molecule has 2 aromatic rings. The summed E-state index contributed by atoms with van der Waals surface area (Å²) in [7, 11) is 1.65. The second-order valence-corrected chi connectivity index (χ2v) is 11.8. The molecule has 7 rings (SSSR count). The van der Waals surface area contributed by atoms with Gasteiger partial charge in [0.25, 0.3) is 5.91 Å². The van der Waals surface area contributed by atoms with Crippen LogP contribution in [0.1, 0.15) is 71.5 Å². The van der Waals surface area contributed by atoms with Gasteiger partial charge in [-0.15, -0.1) is 0 Å². The number of nitrogens with one attached hydrogen (secondary N) is 1. The summed E-state index contributed by atoms with van der Waals surface area (Å²) < 4.78 is 14.3. The van der Waals surface area contributed by atoms with Crippen molar-refractivity contribution in [2.24, 2.45) is 5.41 Å². The normalized spacial score (nSPS) is 25.9. The van der Waals surface area contributed by atoms with Crippen LogP contribution in [0.2, 0.25) is 0 Å². The predicted octanol–water partition coefficient (Wildman–Crippen LogP) is 2.22. The van der Waals surface area contributed by atoms with Crippen LogP contribution in [0, 0.1) is 12.3 Å². The van der Waals surface area contributed by atoms with Crippen LogP contribution < -0.4 is 15.0 Å². The van der Waals surface area contributed by atoms with E-state index in [0.29, 0.717) is 43.5 Å². The number of aryl methyl sites for hydroxylation is 1. The first kappa shape index (κ1) is 23.4. The summed E-state index contributed by atoms with van der Waals surface area (Å²) in [5.41, 5.74) is 5.31. The number of amides is 1. The Labute approximate surface area is 217 Å². The van der Waals surface area contributed by atoms with Gasteiger partial charge in [0.1, 0.15) is 12.4 Å². The van der Waals surface area contributed by atoms with E-state index in [-0.39, 0.29) is 11.4 Å². The van der Waals surface area contributed by atoms with Gasteiger partial charge in [-0.2, -0.15) is 15.1 Å². The number of hydrogen-bond acceptors (Lipinski definition) is 8. The SMILES string of the molecule is CNC(=O)c1nn2c(c1C)CN(c1nc(OCC34CCCN3CC3(CC3)C4)nc3c1COCC3)CCC2. The number of ether oxygens (including phenoxy) is 2. The molecule has 1 amide bonds. The predicted molar refractivity (Wildman–Crippen MR) is 137 cm³/mol. The molecule has 1 N–H and O–H groups in total. The lowest BCUT2D eigenvalue weighted by Gasteiger charge is -2.32. The maximum absolute atomic E-state index is 12.4. The van der Waals surface area contributed by atoms with E-state index in [0.717, 1.165) is 54.3 Å². The van der Waals surface area contributed by atoms with Crippen molar-refractivity contribution in [2.75, 3.05) is 44.8 Å². The van der Waals surface area contributed by atoms with Crippen molar-refractivity contribution in [1.29, 1.82) is 0 Å². The molecule has 10 nitrogen and oxygen atoms in total. The molecule has 6 heterocycles.